The van der Waals surface area contributed by atoms with E-state index in [1.807, 2.05) is 60.7 Å². The van der Waals surface area contributed by atoms with Crippen LogP contribution < -0.4 is 0 Å². The Morgan fingerprint density at radius 1 is 0.271 bits per heavy atom. The maximum absolute atomic E-state index is 6.26. The molecule has 15 rings (SSSR count). The average Bonchev–Trinajstić information content (AvgIpc) is 4.18. The Labute approximate surface area is 399 Å². The zero-order chi connectivity index (χ0) is 45.9. The lowest BCUT2D eigenvalue weighted by Crippen LogP contribution is -2.06. The van der Waals surface area contributed by atoms with Crippen LogP contribution in [0.2, 0.25) is 0 Å². The third-order valence-corrected chi connectivity index (χ3v) is 14.0. The highest BCUT2D eigenvalue weighted by molar-refractivity contribution is 6.29. The Balaban J connectivity index is 0.998. The van der Waals surface area contributed by atoms with Gasteiger partial charge in [0.05, 0.1) is 22.1 Å². The van der Waals surface area contributed by atoms with Gasteiger partial charge in [-0.1, -0.05) is 133 Å². The molecule has 0 radical (unpaired) electrons. The van der Waals surface area contributed by atoms with Gasteiger partial charge in [0, 0.05) is 59.9 Å². The van der Waals surface area contributed by atoms with Crippen LogP contribution in [0.5, 0.6) is 0 Å². The smallest absolute Gasteiger partial charge is 0.238 e. The maximum atomic E-state index is 6.26. The van der Waals surface area contributed by atoms with Crippen molar-refractivity contribution in [1.82, 2.24) is 24.1 Å². The zero-order valence-corrected chi connectivity index (χ0v) is 37.4. The molecule has 0 amide bonds. The van der Waals surface area contributed by atoms with Crippen LogP contribution in [0, 0.1) is 0 Å². The highest BCUT2D eigenvalue weighted by Gasteiger charge is 2.24. The molecule has 5 aromatic heterocycles. The standard InChI is InChI=1S/C63H37N5O2/c1-3-15-38(16-4-1)42-33-43(39-17-5-2-6-18-39)35-44(34-42)67-51-23-11-7-21-47(51)59-53(67)29-30-54-60(59)48-22-8-12-24-52(48)68(54)63-65-61(40-27-31-57-49(36-40)45-19-9-13-25-55(45)69-57)64-62(66-63)41-28-32-58-50(37-41)46-20-10-14-26-56(46)70-58/h1-37H. The van der Waals surface area contributed by atoms with Crippen LogP contribution in [-0.2, 0) is 0 Å². The minimum absolute atomic E-state index is 0.520. The maximum Gasteiger partial charge on any atom is 0.238 e. The lowest BCUT2D eigenvalue weighted by atomic mass is 9.98. The highest BCUT2D eigenvalue weighted by atomic mass is 16.3. The monoisotopic (exact) mass is 895 g/mol. The van der Waals surface area contributed by atoms with Crippen LogP contribution >= 0.6 is 0 Å². The SMILES string of the molecule is c1ccc(-c2cc(-c3ccccc3)cc(-n3c4ccccc4c4c5c6ccccc6n(-c6nc(-c7ccc8oc9ccccc9c8c7)nc(-c7ccc8oc9ccccc9c8c7)n6)c5ccc43)c2)cc1. The lowest BCUT2D eigenvalue weighted by Gasteiger charge is -2.14. The average molecular weight is 896 g/mol. The minimum atomic E-state index is 0.520. The largest absolute Gasteiger partial charge is 0.456 e. The first-order valence-corrected chi connectivity index (χ1v) is 23.5. The van der Waals surface area contributed by atoms with E-state index in [9.17, 15) is 0 Å². The summed E-state index contributed by atoms with van der Waals surface area (Å²) in [6, 6.07) is 78.8. The van der Waals surface area contributed by atoms with E-state index < -0.39 is 0 Å². The van der Waals surface area contributed by atoms with E-state index in [2.05, 4.69) is 173 Å². The van der Waals surface area contributed by atoms with Gasteiger partial charge in [-0.25, -0.2) is 4.98 Å². The van der Waals surface area contributed by atoms with Gasteiger partial charge in [-0.05, 0) is 113 Å². The van der Waals surface area contributed by atoms with Crippen molar-refractivity contribution in [3.63, 3.8) is 0 Å². The summed E-state index contributed by atoms with van der Waals surface area (Å²) in [6.07, 6.45) is 0. The predicted molar refractivity (Wildman–Crippen MR) is 285 cm³/mol. The molecule has 0 saturated carbocycles. The second-order valence-electron chi connectivity index (χ2n) is 18.0. The van der Waals surface area contributed by atoms with E-state index in [0.29, 0.717) is 17.6 Å². The fourth-order valence-corrected chi connectivity index (χ4v) is 10.8. The first-order chi connectivity index (χ1) is 34.7. The lowest BCUT2D eigenvalue weighted by molar-refractivity contribution is 0.668. The third-order valence-electron chi connectivity index (χ3n) is 14.0. The Hall–Kier alpha value is -9.59. The topological polar surface area (TPSA) is 74.8 Å². The normalized spacial score (nSPS) is 12.0. The van der Waals surface area contributed by atoms with Crippen molar-refractivity contribution < 1.29 is 8.83 Å². The Bertz CT molecular complexity index is 4410. The van der Waals surface area contributed by atoms with Crippen molar-refractivity contribution in [2.75, 3.05) is 0 Å². The molecule has 10 aromatic carbocycles. The van der Waals surface area contributed by atoms with Gasteiger partial charge in [-0.3, -0.25) is 4.57 Å². The molecule has 0 aliphatic carbocycles. The van der Waals surface area contributed by atoms with E-state index in [1.165, 1.54) is 16.5 Å². The highest BCUT2D eigenvalue weighted by Crippen LogP contribution is 2.44. The first-order valence-electron chi connectivity index (χ1n) is 23.5. The molecule has 0 atom stereocenters. The number of fused-ring (bicyclic) bond motifs is 13. The number of nitrogens with zero attached hydrogens (tertiary/aromatic N) is 5. The van der Waals surface area contributed by atoms with Crippen LogP contribution in [0.4, 0.5) is 0 Å². The van der Waals surface area contributed by atoms with Crippen molar-refractivity contribution in [3.8, 4) is 56.7 Å². The summed E-state index contributed by atoms with van der Waals surface area (Å²) < 4.78 is 17.2. The summed E-state index contributed by atoms with van der Waals surface area (Å²) in [5.74, 6) is 1.63. The number of benzene rings is 10. The molecule has 0 saturated heterocycles. The summed E-state index contributed by atoms with van der Waals surface area (Å²) in [5.41, 5.74) is 15.0. The van der Waals surface area contributed by atoms with E-state index in [4.69, 9.17) is 23.8 Å². The summed E-state index contributed by atoms with van der Waals surface area (Å²) in [4.78, 5) is 16.1. The zero-order valence-electron chi connectivity index (χ0n) is 37.4. The Morgan fingerprint density at radius 2 is 0.700 bits per heavy atom. The van der Waals surface area contributed by atoms with Crippen molar-refractivity contribution in [2.24, 2.45) is 0 Å². The summed E-state index contributed by atoms with van der Waals surface area (Å²) in [7, 11) is 0. The van der Waals surface area contributed by atoms with Gasteiger partial charge in [0.1, 0.15) is 22.3 Å². The molecule has 0 spiro atoms. The van der Waals surface area contributed by atoms with Crippen molar-refractivity contribution in [2.45, 2.75) is 0 Å². The van der Waals surface area contributed by atoms with Gasteiger partial charge in [0.25, 0.3) is 0 Å². The van der Waals surface area contributed by atoms with Gasteiger partial charge < -0.3 is 13.4 Å². The molecule has 5 heterocycles. The van der Waals surface area contributed by atoms with Gasteiger partial charge in [-0.2, -0.15) is 9.97 Å². The second-order valence-corrected chi connectivity index (χ2v) is 18.0. The van der Waals surface area contributed by atoms with Crippen LogP contribution in [0.3, 0.4) is 0 Å². The molecule has 0 unspecified atom stereocenters. The Kier molecular flexibility index (Phi) is 8.23. The molecule has 70 heavy (non-hydrogen) atoms. The van der Waals surface area contributed by atoms with E-state index in [-0.39, 0.29) is 0 Å². The quantitative estimate of drug-likeness (QED) is 0.166. The molecule has 0 aliphatic heterocycles. The third kappa shape index (κ3) is 5.85. The summed E-state index contributed by atoms with van der Waals surface area (Å²) in [6.45, 7) is 0. The number of furan rings is 2. The number of aromatic nitrogens is 5. The fraction of sp³-hybridized carbons (Fsp3) is 0. The molecular formula is C63H37N5O2. The Morgan fingerprint density at radius 3 is 1.23 bits per heavy atom. The predicted octanol–water partition coefficient (Wildman–Crippen LogP) is 16.5. The molecule has 326 valence electrons. The summed E-state index contributed by atoms with van der Waals surface area (Å²) >= 11 is 0. The summed E-state index contributed by atoms with van der Waals surface area (Å²) in [5, 5.41) is 8.66. The van der Waals surface area contributed by atoms with Gasteiger partial charge >= 0.3 is 0 Å². The number of rotatable bonds is 6. The molecular weight excluding hydrogens is 859 g/mol. The van der Waals surface area contributed by atoms with Crippen LogP contribution in [0.15, 0.2) is 233 Å². The molecule has 0 N–H and O–H groups in total. The molecule has 0 fully saturated rings. The number of para-hydroxylation sites is 4. The van der Waals surface area contributed by atoms with Crippen LogP contribution in [-0.4, -0.2) is 24.1 Å². The van der Waals surface area contributed by atoms with Gasteiger partial charge in [-0.15, -0.1) is 0 Å². The fourth-order valence-electron chi connectivity index (χ4n) is 10.8. The molecule has 0 aliphatic rings. The van der Waals surface area contributed by atoms with Crippen LogP contribution in [0.25, 0.3) is 144 Å². The van der Waals surface area contributed by atoms with E-state index >= 15 is 0 Å². The molecule has 15 aromatic rings. The van der Waals surface area contributed by atoms with Gasteiger partial charge in [0.15, 0.2) is 11.6 Å². The first kappa shape index (κ1) is 38.5. The minimum Gasteiger partial charge on any atom is -0.456 e. The molecule has 7 heteroatoms. The molecule has 7 nitrogen and oxygen atoms in total. The van der Waals surface area contributed by atoms with Crippen molar-refractivity contribution in [3.05, 3.63) is 224 Å². The van der Waals surface area contributed by atoms with Gasteiger partial charge in [0.2, 0.25) is 5.95 Å². The van der Waals surface area contributed by atoms with Crippen molar-refractivity contribution >= 4 is 87.5 Å². The number of hydrogen-bond donors (Lipinski definition) is 0. The number of hydrogen-bond acceptors (Lipinski definition) is 5. The van der Waals surface area contributed by atoms with E-state index in [1.54, 1.807) is 0 Å². The second kappa shape index (κ2) is 15.0. The van der Waals surface area contributed by atoms with Crippen LogP contribution in [0.1, 0.15) is 0 Å². The molecule has 0 bridgehead atoms. The van der Waals surface area contributed by atoms with E-state index in [0.717, 1.165) is 110 Å². The van der Waals surface area contributed by atoms with Crippen molar-refractivity contribution in [1.29, 1.82) is 0 Å².